The largest absolute Gasteiger partial charge is 0.368 e. The van der Waals surface area contributed by atoms with E-state index in [9.17, 15) is 4.79 Å². The molecule has 1 unspecified atom stereocenters. The maximum Gasteiger partial charge on any atom is 0.235 e. The molecule has 0 aromatic heterocycles. The molecule has 3 heteroatoms. The minimum Gasteiger partial charge on any atom is -0.368 e. The summed E-state index contributed by atoms with van der Waals surface area (Å²) in [4.78, 5) is 12.7. The van der Waals surface area contributed by atoms with Gasteiger partial charge in [0, 0.05) is 0 Å². The predicted molar refractivity (Wildman–Crippen MR) is 39.4 cm³/mol. The topological polar surface area (TPSA) is 46.3 Å². The Kier molecular flexibility index (Phi) is 1.94. The van der Waals surface area contributed by atoms with Crippen LogP contribution >= 0.6 is 0 Å². The lowest BCUT2D eigenvalue weighted by Gasteiger charge is -2.19. The first-order valence-corrected chi connectivity index (χ1v) is 3.58. The van der Waals surface area contributed by atoms with Crippen molar-refractivity contribution in [3.8, 4) is 0 Å². The van der Waals surface area contributed by atoms with E-state index in [0.29, 0.717) is 5.92 Å². The molecule has 0 aromatic carbocycles. The van der Waals surface area contributed by atoms with Crippen LogP contribution in [0.4, 0.5) is 0 Å². The first kappa shape index (κ1) is 7.54. The lowest BCUT2D eigenvalue weighted by atomic mass is 10.1. The van der Waals surface area contributed by atoms with Gasteiger partial charge in [0.25, 0.3) is 0 Å². The van der Waals surface area contributed by atoms with Crippen LogP contribution in [0.2, 0.25) is 0 Å². The van der Waals surface area contributed by atoms with Crippen LogP contribution in [0.5, 0.6) is 0 Å². The standard InChI is InChI=1S/C7H14N2O/c1-9(2)6(7(8)10)5-3-4-5/h5-6H,3-4H2,1-2H3,(H2,8,10). The lowest BCUT2D eigenvalue weighted by Crippen LogP contribution is -2.41. The normalized spacial score (nSPS) is 21.1. The molecule has 58 valence electrons. The highest BCUT2D eigenvalue weighted by atomic mass is 16.1. The van der Waals surface area contributed by atoms with Gasteiger partial charge in [-0.25, -0.2) is 0 Å². The van der Waals surface area contributed by atoms with Gasteiger partial charge < -0.3 is 5.73 Å². The minimum atomic E-state index is -0.187. The summed E-state index contributed by atoms with van der Waals surface area (Å²) in [6, 6.07) is -0.0278. The van der Waals surface area contributed by atoms with Crippen molar-refractivity contribution >= 4 is 5.91 Å². The molecular formula is C7H14N2O. The van der Waals surface area contributed by atoms with Crippen molar-refractivity contribution in [3.05, 3.63) is 0 Å². The maximum atomic E-state index is 10.8. The summed E-state index contributed by atoms with van der Waals surface area (Å²) >= 11 is 0. The molecule has 0 spiro atoms. The second kappa shape index (κ2) is 2.58. The Balaban J connectivity index is 2.49. The molecule has 1 saturated carbocycles. The van der Waals surface area contributed by atoms with Crippen LogP contribution in [0.15, 0.2) is 0 Å². The lowest BCUT2D eigenvalue weighted by molar-refractivity contribution is -0.123. The number of primary amides is 1. The van der Waals surface area contributed by atoms with E-state index in [-0.39, 0.29) is 11.9 Å². The van der Waals surface area contributed by atoms with Crippen molar-refractivity contribution < 1.29 is 4.79 Å². The van der Waals surface area contributed by atoms with Crippen molar-refractivity contribution in [1.82, 2.24) is 4.90 Å². The average molecular weight is 142 g/mol. The van der Waals surface area contributed by atoms with Gasteiger partial charge in [0.1, 0.15) is 0 Å². The average Bonchev–Trinajstić information content (AvgIpc) is 2.46. The van der Waals surface area contributed by atoms with Crippen molar-refractivity contribution in [3.63, 3.8) is 0 Å². The number of hydrogen-bond donors (Lipinski definition) is 1. The number of nitrogens with zero attached hydrogens (tertiary/aromatic N) is 1. The molecule has 3 nitrogen and oxygen atoms in total. The van der Waals surface area contributed by atoms with E-state index < -0.39 is 0 Å². The fraction of sp³-hybridized carbons (Fsp3) is 0.857. The molecule has 0 heterocycles. The van der Waals surface area contributed by atoms with E-state index in [2.05, 4.69) is 0 Å². The number of rotatable bonds is 3. The highest BCUT2D eigenvalue weighted by Crippen LogP contribution is 2.34. The van der Waals surface area contributed by atoms with E-state index >= 15 is 0 Å². The quantitative estimate of drug-likeness (QED) is 0.593. The SMILES string of the molecule is CN(C)C(C(N)=O)C1CC1. The van der Waals surface area contributed by atoms with Crippen molar-refractivity contribution in [1.29, 1.82) is 0 Å². The Morgan fingerprint density at radius 3 is 2.20 bits per heavy atom. The first-order valence-electron chi connectivity index (χ1n) is 3.58. The summed E-state index contributed by atoms with van der Waals surface area (Å²) in [6.07, 6.45) is 2.32. The van der Waals surface area contributed by atoms with Crippen LogP contribution in [-0.2, 0) is 4.79 Å². The van der Waals surface area contributed by atoms with Gasteiger partial charge in [0.05, 0.1) is 6.04 Å². The third-order valence-electron chi connectivity index (χ3n) is 1.92. The van der Waals surface area contributed by atoms with E-state index in [1.54, 1.807) is 0 Å². The molecule has 0 bridgehead atoms. The van der Waals surface area contributed by atoms with E-state index in [0.717, 1.165) is 12.8 Å². The van der Waals surface area contributed by atoms with E-state index in [1.807, 2.05) is 19.0 Å². The molecule has 1 amide bonds. The van der Waals surface area contributed by atoms with Gasteiger partial charge in [0.2, 0.25) is 5.91 Å². The fourth-order valence-electron chi connectivity index (χ4n) is 1.32. The van der Waals surface area contributed by atoms with Crippen LogP contribution in [0.1, 0.15) is 12.8 Å². The van der Waals surface area contributed by atoms with Gasteiger partial charge in [-0.1, -0.05) is 0 Å². The number of carbonyl (C=O) groups is 1. The molecule has 0 saturated heterocycles. The van der Waals surface area contributed by atoms with Gasteiger partial charge in [0.15, 0.2) is 0 Å². The minimum absolute atomic E-state index is 0.0278. The Bertz CT molecular complexity index is 139. The van der Waals surface area contributed by atoms with Gasteiger partial charge in [-0.3, -0.25) is 9.69 Å². The second-order valence-corrected chi connectivity index (χ2v) is 3.15. The monoisotopic (exact) mass is 142 g/mol. The zero-order valence-electron chi connectivity index (χ0n) is 6.50. The van der Waals surface area contributed by atoms with Crippen LogP contribution in [0.25, 0.3) is 0 Å². The zero-order chi connectivity index (χ0) is 7.72. The van der Waals surface area contributed by atoms with Gasteiger partial charge in [-0.05, 0) is 32.9 Å². The molecule has 0 aromatic rings. The first-order chi connectivity index (χ1) is 4.63. The molecule has 1 aliphatic rings. The molecule has 1 fully saturated rings. The molecule has 0 aliphatic heterocycles. The highest BCUT2D eigenvalue weighted by Gasteiger charge is 2.36. The van der Waals surface area contributed by atoms with Crippen molar-refractivity contribution in [2.24, 2.45) is 11.7 Å². The van der Waals surface area contributed by atoms with Crippen LogP contribution < -0.4 is 5.73 Å². The van der Waals surface area contributed by atoms with Crippen molar-refractivity contribution in [2.45, 2.75) is 18.9 Å². The molecule has 1 rings (SSSR count). The third-order valence-corrected chi connectivity index (χ3v) is 1.92. The number of carbonyl (C=O) groups excluding carboxylic acids is 1. The highest BCUT2D eigenvalue weighted by molar-refractivity contribution is 5.80. The van der Waals surface area contributed by atoms with E-state index in [4.69, 9.17) is 5.73 Å². The Labute approximate surface area is 61.2 Å². The summed E-state index contributed by atoms with van der Waals surface area (Å²) in [5.41, 5.74) is 5.20. The number of amides is 1. The number of likely N-dealkylation sites (N-methyl/N-ethyl adjacent to an activating group) is 1. The van der Waals surface area contributed by atoms with Gasteiger partial charge in [-0.15, -0.1) is 0 Å². The third kappa shape index (κ3) is 1.48. The Morgan fingerprint density at radius 2 is 2.10 bits per heavy atom. The molecule has 2 N–H and O–H groups in total. The smallest absolute Gasteiger partial charge is 0.235 e. The van der Waals surface area contributed by atoms with Gasteiger partial charge in [-0.2, -0.15) is 0 Å². The van der Waals surface area contributed by atoms with Crippen LogP contribution in [0, 0.1) is 5.92 Å². The molecule has 1 aliphatic carbocycles. The molecule has 1 atom stereocenters. The predicted octanol–water partition coefficient (Wildman–Crippen LogP) is -0.188. The summed E-state index contributed by atoms with van der Waals surface area (Å²) in [5, 5.41) is 0. The molecular weight excluding hydrogens is 128 g/mol. The Morgan fingerprint density at radius 1 is 1.60 bits per heavy atom. The zero-order valence-corrected chi connectivity index (χ0v) is 6.50. The van der Waals surface area contributed by atoms with E-state index in [1.165, 1.54) is 0 Å². The maximum absolute atomic E-state index is 10.8. The van der Waals surface area contributed by atoms with Crippen LogP contribution in [-0.4, -0.2) is 30.9 Å². The summed E-state index contributed by atoms with van der Waals surface area (Å²) in [7, 11) is 3.79. The summed E-state index contributed by atoms with van der Waals surface area (Å²) < 4.78 is 0. The molecule has 10 heavy (non-hydrogen) atoms. The second-order valence-electron chi connectivity index (χ2n) is 3.15. The summed E-state index contributed by atoms with van der Waals surface area (Å²) in [6.45, 7) is 0. The Hall–Kier alpha value is -0.570. The van der Waals surface area contributed by atoms with Crippen molar-refractivity contribution in [2.75, 3.05) is 14.1 Å². The number of nitrogens with two attached hydrogens (primary N) is 1. The summed E-state index contributed by atoms with van der Waals surface area (Å²) in [5.74, 6) is 0.347. The fourth-order valence-corrected chi connectivity index (χ4v) is 1.32. The van der Waals surface area contributed by atoms with Gasteiger partial charge >= 0.3 is 0 Å². The van der Waals surface area contributed by atoms with Crippen LogP contribution in [0.3, 0.4) is 0 Å². The molecule has 0 radical (unpaired) electrons. The number of hydrogen-bond acceptors (Lipinski definition) is 2.